The number of rotatable bonds is 5. The number of anilines is 1. The van der Waals surface area contributed by atoms with Crippen LogP contribution in [-0.4, -0.2) is 34.1 Å². The van der Waals surface area contributed by atoms with E-state index < -0.39 is 11.9 Å². The van der Waals surface area contributed by atoms with Gasteiger partial charge in [-0.1, -0.05) is 0 Å². The van der Waals surface area contributed by atoms with E-state index in [1.165, 1.54) is 0 Å². The maximum atomic E-state index is 12.8. The maximum absolute atomic E-state index is 12.8. The van der Waals surface area contributed by atoms with Gasteiger partial charge in [0.05, 0.1) is 0 Å². The standard InChI is InChI=1S/C16H22F3N5O/c1-24-10-8-13(23-24)22-14(25)7-4-9-21-12-6-3-2-5-11(12)15(20)16(17,18)19/h8,10H,2-7,9,20H2,1H3,(H,22,23,25). The Morgan fingerprint density at radius 2 is 2.12 bits per heavy atom. The van der Waals surface area contributed by atoms with E-state index in [-0.39, 0.29) is 17.9 Å². The second-order valence-corrected chi connectivity index (χ2v) is 5.95. The van der Waals surface area contributed by atoms with Crippen LogP contribution in [-0.2, 0) is 11.8 Å². The highest BCUT2D eigenvalue weighted by Gasteiger charge is 2.35. The third-order valence-corrected chi connectivity index (χ3v) is 3.91. The number of carbonyl (C=O) groups is 1. The molecule has 0 saturated heterocycles. The van der Waals surface area contributed by atoms with E-state index in [9.17, 15) is 18.0 Å². The van der Waals surface area contributed by atoms with Crippen molar-refractivity contribution in [2.75, 3.05) is 11.9 Å². The Labute approximate surface area is 144 Å². The summed E-state index contributed by atoms with van der Waals surface area (Å²) in [6.45, 7) is 0.291. The molecule has 0 atom stereocenters. The molecule has 1 fully saturated rings. The summed E-state index contributed by atoms with van der Waals surface area (Å²) in [5.41, 5.74) is 4.74. The van der Waals surface area contributed by atoms with Crippen LogP contribution in [0.5, 0.6) is 0 Å². The fourth-order valence-corrected chi connectivity index (χ4v) is 2.67. The molecule has 1 aliphatic carbocycles. The molecule has 0 radical (unpaired) electrons. The summed E-state index contributed by atoms with van der Waals surface area (Å²) in [5, 5.41) is 6.69. The van der Waals surface area contributed by atoms with Crippen molar-refractivity contribution >= 4 is 17.4 Å². The summed E-state index contributed by atoms with van der Waals surface area (Å²) in [6.07, 6.45) is 0.115. The zero-order valence-corrected chi connectivity index (χ0v) is 14.1. The van der Waals surface area contributed by atoms with E-state index in [1.807, 2.05) is 0 Å². The van der Waals surface area contributed by atoms with Crippen molar-refractivity contribution < 1.29 is 18.0 Å². The minimum atomic E-state index is -4.53. The van der Waals surface area contributed by atoms with Gasteiger partial charge in [0.2, 0.25) is 5.91 Å². The van der Waals surface area contributed by atoms with Crippen molar-refractivity contribution in [3.05, 3.63) is 23.5 Å². The highest BCUT2D eigenvalue weighted by atomic mass is 19.4. The third-order valence-electron chi connectivity index (χ3n) is 3.91. The first-order valence-corrected chi connectivity index (χ1v) is 8.16. The summed E-state index contributed by atoms with van der Waals surface area (Å²) in [4.78, 5) is 16.1. The molecule has 2 rings (SSSR count). The average molecular weight is 357 g/mol. The van der Waals surface area contributed by atoms with Crippen LogP contribution in [0.3, 0.4) is 0 Å². The molecule has 1 aliphatic rings. The summed E-state index contributed by atoms with van der Waals surface area (Å²) in [5.74, 6) is 0.266. The first-order valence-electron chi connectivity index (χ1n) is 8.16. The Bertz CT molecular complexity index is 676. The number of hydrogen-bond acceptors (Lipinski definition) is 4. The highest BCUT2D eigenvalue weighted by Crippen LogP contribution is 2.30. The number of nitrogens with one attached hydrogen (secondary N) is 1. The second-order valence-electron chi connectivity index (χ2n) is 5.95. The van der Waals surface area contributed by atoms with Crippen LogP contribution in [0.2, 0.25) is 0 Å². The molecule has 0 spiro atoms. The van der Waals surface area contributed by atoms with E-state index in [0.29, 0.717) is 43.8 Å². The first kappa shape index (κ1) is 19.0. The fraction of sp³-hybridized carbons (Fsp3) is 0.562. The number of allylic oxidation sites excluding steroid dienone is 2. The summed E-state index contributed by atoms with van der Waals surface area (Å²) in [7, 11) is 1.74. The van der Waals surface area contributed by atoms with Gasteiger partial charge in [0.25, 0.3) is 0 Å². The van der Waals surface area contributed by atoms with Gasteiger partial charge in [-0.3, -0.25) is 14.5 Å². The van der Waals surface area contributed by atoms with Gasteiger partial charge in [-0.2, -0.15) is 18.3 Å². The lowest BCUT2D eigenvalue weighted by Gasteiger charge is -2.20. The van der Waals surface area contributed by atoms with Crippen LogP contribution in [0, 0.1) is 0 Å². The molecular weight excluding hydrogens is 335 g/mol. The van der Waals surface area contributed by atoms with Crippen molar-refractivity contribution in [3.8, 4) is 0 Å². The van der Waals surface area contributed by atoms with E-state index in [4.69, 9.17) is 5.73 Å². The molecule has 1 aromatic rings. The van der Waals surface area contributed by atoms with Crippen LogP contribution in [0.1, 0.15) is 38.5 Å². The normalized spacial score (nSPS) is 19.1. The monoisotopic (exact) mass is 357 g/mol. The number of amides is 1. The Balaban J connectivity index is 1.88. The molecule has 0 unspecified atom stereocenters. The highest BCUT2D eigenvalue weighted by molar-refractivity contribution is 6.01. The topological polar surface area (TPSA) is 85.3 Å². The van der Waals surface area contributed by atoms with E-state index in [1.54, 1.807) is 24.0 Å². The molecule has 0 bridgehead atoms. The molecule has 1 amide bonds. The third kappa shape index (κ3) is 5.61. The number of aliphatic imine (C=N–C) groups is 1. The molecule has 25 heavy (non-hydrogen) atoms. The second kappa shape index (κ2) is 8.17. The number of nitrogens with zero attached hydrogens (tertiary/aromatic N) is 3. The van der Waals surface area contributed by atoms with Crippen LogP contribution >= 0.6 is 0 Å². The molecular formula is C16H22F3N5O. The zero-order valence-electron chi connectivity index (χ0n) is 14.1. The molecule has 1 heterocycles. The molecule has 3 N–H and O–H groups in total. The van der Waals surface area contributed by atoms with Crippen LogP contribution in [0.25, 0.3) is 0 Å². The zero-order chi connectivity index (χ0) is 18.4. The number of alkyl halides is 3. The van der Waals surface area contributed by atoms with E-state index >= 15 is 0 Å². The van der Waals surface area contributed by atoms with Crippen molar-refractivity contribution in [2.45, 2.75) is 44.7 Å². The summed E-state index contributed by atoms with van der Waals surface area (Å²) < 4.78 is 40.0. The minimum absolute atomic E-state index is 0.108. The number of hydrogen-bond donors (Lipinski definition) is 2. The number of aromatic nitrogens is 2. The smallest absolute Gasteiger partial charge is 0.394 e. The van der Waals surface area contributed by atoms with Crippen LogP contribution in [0.4, 0.5) is 19.0 Å². The minimum Gasteiger partial charge on any atom is -0.394 e. The Kier molecular flexibility index (Phi) is 6.22. The summed E-state index contributed by atoms with van der Waals surface area (Å²) >= 11 is 0. The van der Waals surface area contributed by atoms with Crippen molar-refractivity contribution in [1.29, 1.82) is 0 Å². The van der Waals surface area contributed by atoms with Gasteiger partial charge >= 0.3 is 6.18 Å². The quantitative estimate of drug-likeness (QED) is 0.795. The van der Waals surface area contributed by atoms with Gasteiger partial charge in [0, 0.05) is 43.6 Å². The van der Waals surface area contributed by atoms with Crippen molar-refractivity contribution in [1.82, 2.24) is 9.78 Å². The van der Waals surface area contributed by atoms with Gasteiger partial charge < -0.3 is 11.1 Å². The molecule has 1 aromatic heterocycles. The summed E-state index contributed by atoms with van der Waals surface area (Å²) in [6, 6.07) is 1.68. The lowest BCUT2D eigenvalue weighted by atomic mass is 9.91. The molecule has 138 valence electrons. The first-order chi connectivity index (χ1) is 11.8. The van der Waals surface area contributed by atoms with Crippen LogP contribution < -0.4 is 11.1 Å². The van der Waals surface area contributed by atoms with Gasteiger partial charge in [-0.05, 0) is 32.1 Å². The maximum Gasteiger partial charge on any atom is 0.431 e. The molecule has 1 saturated carbocycles. The largest absolute Gasteiger partial charge is 0.431 e. The van der Waals surface area contributed by atoms with Gasteiger partial charge in [-0.15, -0.1) is 0 Å². The van der Waals surface area contributed by atoms with Crippen molar-refractivity contribution in [3.63, 3.8) is 0 Å². The molecule has 9 heteroatoms. The van der Waals surface area contributed by atoms with Gasteiger partial charge in [0.15, 0.2) is 5.82 Å². The lowest BCUT2D eigenvalue weighted by Crippen LogP contribution is -2.26. The lowest BCUT2D eigenvalue weighted by molar-refractivity contribution is -0.116. The van der Waals surface area contributed by atoms with Crippen molar-refractivity contribution in [2.24, 2.45) is 17.8 Å². The molecule has 0 aromatic carbocycles. The van der Waals surface area contributed by atoms with Gasteiger partial charge in [-0.25, -0.2) is 0 Å². The molecule has 0 aliphatic heterocycles. The predicted molar refractivity (Wildman–Crippen MR) is 89.1 cm³/mol. The number of nitrogens with two attached hydrogens (primary N) is 1. The predicted octanol–water partition coefficient (Wildman–Crippen LogP) is 2.93. The number of aryl methyl sites for hydroxylation is 1. The van der Waals surface area contributed by atoms with Crippen LogP contribution in [0.15, 0.2) is 28.5 Å². The van der Waals surface area contributed by atoms with Gasteiger partial charge in [0.1, 0.15) is 5.70 Å². The Morgan fingerprint density at radius 1 is 1.40 bits per heavy atom. The van der Waals surface area contributed by atoms with E-state index in [0.717, 1.165) is 6.42 Å². The fourth-order valence-electron chi connectivity index (χ4n) is 2.67. The number of carbonyl (C=O) groups excluding carboxylic acids is 1. The molecule has 6 nitrogen and oxygen atoms in total. The SMILES string of the molecule is Cn1ccc(NC(=O)CCCN=C2CCCCC2=C(N)C(F)(F)F)n1. The Morgan fingerprint density at radius 3 is 2.76 bits per heavy atom. The average Bonchev–Trinajstić information content (AvgIpc) is 2.95. The Hall–Kier alpha value is -2.32. The number of halogens is 3. The van der Waals surface area contributed by atoms with E-state index in [2.05, 4.69) is 15.4 Å².